The van der Waals surface area contributed by atoms with Crippen LogP contribution in [0.4, 0.5) is 0 Å². The second-order valence-electron chi connectivity index (χ2n) is 12.2. The Balaban J connectivity index is 2.12. The fourth-order valence-corrected chi connectivity index (χ4v) is 5.55. The van der Waals surface area contributed by atoms with Gasteiger partial charge in [0.25, 0.3) is 0 Å². The van der Waals surface area contributed by atoms with Crippen molar-refractivity contribution in [1.29, 1.82) is 0 Å². The van der Waals surface area contributed by atoms with Gasteiger partial charge in [-0.15, -0.1) is 0 Å². The van der Waals surface area contributed by atoms with Crippen LogP contribution in [0.1, 0.15) is 76.3 Å². The monoisotopic (exact) mass is 710 g/mol. The van der Waals surface area contributed by atoms with Gasteiger partial charge in [0, 0.05) is 25.7 Å². The third-order valence-corrected chi connectivity index (χ3v) is 8.21. The molecule has 50 heavy (non-hydrogen) atoms. The summed E-state index contributed by atoms with van der Waals surface area (Å²) < 4.78 is 54.8. The van der Waals surface area contributed by atoms with E-state index in [1.165, 1.54) is 5.57 Å². The zero-order valence-electron chi connectivity index (χ0n) is 31.1. The molecule has 12 heteroatoms. The summed E-state index contributed by atoms with van der Waals surface area (Å²) in [5.74, 6) is -0.0703. The SMILES string of the molecule is CCCCCc1cc(OC(=O)COCCOCCOCCOC)c(C2C=C(C)CCC2CC)c(OC(=O)COCCOCCOCCOC)c1. The van der Waals surface area contributed by atoms with Crippen molar-refractivity contribution >= 4 is 11.9 Å². The van der Waals surface area contributed by atoms with Crippen LogP contribution in [0.5, 0.6) is 11.5 Å². The molecule has 1 aliphatic carbocycles. The number of rotatable bonds is 30. The lowest BCUT2D eigenvalue weighted by Gasteiger charge is -2.31. The largest absolute Gasteiger partial charge is 0.424 e. The summed E-state index contributed by atoms with van der Waals surface area (Å²) in [6.07, 6.45) is 8.97. The van der Waals surface area contributed by atoms with Crippen LogP contribution >= 0.6 is 0 Å². The Labute approximate surface area is 299 Å². The normalized spacial score (nSPS) is 16.0. The fraction of sp³-hybridized carbons (Fsp3) is 0.737. The minimum Gasteiger partial charge on any atom is -0.424 e. The number of methoxy groups -OCH3 is 2. The fourth-order valence-electron chi connectivity index (χ4n) is 5.55. The molecule has 0 bridgehead atoms. The minimum atomic E-state index is -0.533. The van der Waals surface area contributed by atoms with Gasteiger partial charge in [-0.3, -0.25) is 0 Å². The van der Waals surface area contributed by atoms with Gasteiger partial charge >= 0.3 is 11.9 Å². The van der Waals surface area contributed by atoms with E-state index in [2.05, 4.69) is 26.8 Å². The number of hydrogen-bond donors (Lipinski definition) is 0. The van der Waals surface area contributed by atoms with Crippen molar-refractivity contribution in [2.24, 2.45) is 5.92 Å². The van der Waals surface area contributed by atoms with Crippen LogP contribution < -0.4 is 9.47 Å². The molecule has 0 aromatic heterocycles. The topological polar surface area (TPSA) is 126 Å². The zero-order chi connectivity index (χ0) is 36.2. The average molecular weight is 711 g/mol. The van der Waals surface area contributed by atoms with E-state index < -0.39 is 11.9 Å². The smallest absolute Gasteiger partial charge is 0.337 e. The first kappa shape index (κ1) is 43.7. The van der Waals surface area contributed by atoms with E-state index >= 15 is 0 Å². The summed E-state index contributed by atoms with van der Waals surface area (Å²) in [5.41, 5.74) is 2.88. The van der Waals surface area contributed by atoms with Crippen LogP contribution in [0.15, 0.2) is 23.8 Å². The Bertz CT molecular complexity index is 1030. The third kappa shape index (κ3) is 18.7. The highest BCUT2D eigenvalue weighted by Crippen LogP contribution is 2.46. The van der Waals surface area contributed by atoms with Crippen molar-refractivity contribution < 1.29 is 57.0 Å². The molecule has 0 spiro atoms. The van der Waals surface area contributed by atoms with Gasteiger partial charge in [-0.25, -0.2) is 9.59 Å². The first-order valence-corrected chi connectivity index (χ1v) is 18.1. The molecule has 0 N–H and O–H groups in total. The molecule has 2 atom stereocenters. The maximum Gasteiger partial charge on any atom is 0.337 e. The minimum absolute atomic E-state index is 0.0927. The number of benzene rings is 1. The Hall–Kier alpha value is -2.42. The molecular weight excluding hydrogens is 648 g/mol. The Morgan fingerprint density at radius 3 is 1.56 bits per heavy atom. The average Bonchev–Trinajstić information content (AvgIpc) is 3.10. The molecule has 0 radical (unpaired) electrons. The second-order valence-corrected chi connectivity index (χ2v) is 12.2. The first-order valence-electron chi connectivity index (χ1n) is 18.1. The van der Waals surface area contributed by atoms with Gasteiger partial charge in [0.05, 0.1) is 79.3 Å². The molecule has 0 saturated heterocycles. The van der Waals surface area contributed by atoms with E-state index in [4.69, 9.17) is 47.4 Å². The molecule has 1 aliphatic rings. The van der Waals surface area contributed by atoms with Crippen molar-refractivity contribution in [3.63, 3.8) is 0 Å². The first-order chi connectivity index (χ1) is 24.4. The Kier molecular flexibility index (Phi) is 24.7. The van der Waals surface area contributed by atoms with Crippen LogP contribution in [-0.4, -0.2) is 119 Å². The molecule has 0 saturated carbocycles. The maximum absolute atomic E-state index is 13.1. The lowest BCUT2D eigenvalue weighted by molar-refractivity contribution is -0.140. The highest BCUT2D eigenvalue weighted by Gasteiger charge is 2.31. The van der Waals surface area contributed by atoms with Gasteiger partial charge in [-0.2, -0.15) is 0 Å². The van der Waals surface area contributed by atoms with E-state index in [9.17, 15) is 9.59 Å². The Morgan fingerprint density at radius 2 is 1.12 bits per heavy atom. The van der Waals surface area contributed by atoms with Crippen LogP contribution in [0.25, 0.3) is 0 Å². The second kappa shape index (κ2) is 28.2. The molecule has 0 heterocycles. The van der Waals surface area contributed by atoms with Crippen molar-refractivity contribution in [2.75, 3.05) is 107 Å². The lowest BCUT2D eigenvalue weighted by atomic mass is 9.75. The summed E-state index contributed by atoms with van der Waals surface area (Å²) >= 11 is 0. The molecule has 0 amide bonds. The van der Waals surface area contributed by atoms with Crippen molar-refractivity contribution in [3.8, 4) is 11.5 Å². The molecule has 2 rings (SSSR count). The van der Waals surface area contributed by atoms with Crippen LogP contribution in [-0.2, 0) is 53.9 Å². The van der Waals surface area contributed by atoms with E-state index in [0.717, 1.165) is 50.5 Å². The summed E-state index contributed by atoms with van der Waals surface area (Å²) in [5, 5.41) is 0. The van der Waals surface area contributed by atoms with Crippen LogP contribution in [0, 0.1) is 5.92 Å². The van der Waals surface area contributed by atoms with Gasteiger partial charge in [0.2, 0.25) is 0 Å². The van der Waals surface area contributed by atoms with Gasteiger partial charge in [0.1, 0.15) is 24.7 Å². The molecule has 2 unspecified atom stereocenters. The number of unbranched alkanes of at least 4 members (excludes halogenated alkanes) is 2. The standard InChI is InChI=1S/C38H62O12/c1-6-8-9-10-31-26-34(49-36(39)28-47-23-21-45-19-17-43-15-13-41-4)38(33-25-30(3)11-12-32(33)7-2)35(27-31)50-37(40)29-48-24-22-46-20-18-44-16-14-42-5/h25-27,32-33H,6-24,28-29H2,1-5H3. The predicted octanol–water partition coefficient (Wildman–Crippen LogP) is 5.47. The number of carbonyl (C=O) groups excluding carboxylic acids is 2. The van der Waals surface area contributed by atoms with Crippen molar-refractivity contribution in [3.05, 3.63) is 34.9 Å². The number of ether oxygens (including phenoxy) is 10. The summed E-state index contributed by atoms with van der Waals surface area (Å²) in [4.78, 5) is 26.3. The number of esters is 2. The van der Waals surface area contributed by atoms with E-state index in [1.807, 2.05) is 12.1 Å². The quantitative estimate of drug-likeness (QED) is 0.0435. The van der Waals surface area contributed by atoms with Gasteiger partial charge in [0.15, 0.2) is 0 Å². The highest BCUT2D eigenvalue weighted by molar-refractivity contribution is 5.77. The highest BCUT2D eigenvalue weighted by atomic mass is 16.6. The van der Waals surface area contributed by atoms with Gasteiger partial charge in [-0.05, 0) is 56.2 Å². The van der Waals surface area contributed by atoms with Crippen LogP contribution in [0.3, 0.4) is 0 Å². The lowest BCUT2D eigenvalue weighted by Crippen LogP contribution is -2.23. The molecule has 1 aromatic carbocycles. The molecule has 0 fully saturated rings. The van der Waals surface area contributed by atoms with E-state index in [0.29, 0.717) is 89.0 Å². The predicted molar refractivity (Wildman–Crippen MR) is 189 cm³/mol. The van der Waals surface area contributed by atoms with Gasteiger partial charge in [-0.1, -0.05) is 44.8 Å². The number of carbonyl (C=O) groups is 2. The van der Waals surface area contributed by atoms with Crippen LogP contribution in [0.2, 0.25) is 0 Å². The molecule has 12 nitrogen and oxygen atoms in total. The van der Waals surface area contributed by atoms with Crippen molar-refractivity contribution in [2.45, 2.75) is 71.6 Å². The van der Waals surface area contributed by atoms with Crippen molar-refractivity contribution in [1.82, 2.24) is 0 Å². The number of aryl methyl sites for hydroxylation is 1. The Morgan fingerprint density at radius 1 is 0.660 bits per heavy atom. The van der Waals surface area contributed by atoms with Gasteiger partial charge < -0.3 is 47.4 Å². The summed E-state index contributed by atoms with van der Waals surface area (Å²) in [6, 6.07) is 3.84. The number of hydrogen-bond acceptors (Lipinski definition) is 12. The number of allylic oxidation sites excluding steroid dienone is 2. The summed E-state index contributed by atoms with van der Waals surface area (Å²) in [7, 11) is 3.25. The zero-order valence-corrected chi connectivity index (χ0v) is 31.1. The van der Waals surface area contributed by atoms with E-state index in [-0.39, 0.29) is 32.3 Å². The van der Waals surface area contributed by atoms with E-state index in [1.54, 1.807) is 14.2 Å². The third-order valence-electron chi connectivity index (χ3n) is 8.21. The molecule has 1 aromatic rings. The molecule has 0 aliphatic heterocycles. The summed E-state index contributed by atoms with van der Waals surface area (Å²) in [6.45, 7) is 10.9. The molecule has 286 valence electrons. The maximum atomic E-state index is 13.1. The molecular formula is C38H62O12.